The van der Waals surface area contributed by atoms with Gasteiger partial charge in [-0.15, -0.1) is 0 Å². The minimum absolute atomic E-state index is 0.0217. The minimum Gasteiger partial charge on any atom is -0.493 e. The Hall–Kier alpha value is -2.79. The number of carbonyl (C=O) groups is 1. The van der Waals surface area contributed by atoms with Crippen LogP contribution in [-0.4, -0.2) is 55.6 Å². The third kappa shape index (κ3) is 5.39. The van der Waals surface area contributed by atoms with Gasteiger partial charge in [-0.05, 0) is 50.2 Å². The van der Waals surface area contributed by atoms with E-state index >= 15 is 0 Å². The molecule has 0 bridgehead atoms. The summed E-state index contributed by atoms with van der Waals surface area (Å²) in [5, 5.41) is 0. The van der Waals surface area contributed by atoms with E-state index in [0.29, 0.717) is 18.0 Å². The Morgan fingerprint density at radius 2 is 1.86 bits per heavy atom. The lowest BCUT2D eigenvalue weighted by molar-refractivity contribution is -0.130. The normalized spacial score (nSPS) is 17.7. The Kier molecular flexibility index (Phi) is 6.94. The lowest BCUT2D eigenvalue weighted by Crippen LogP contribution is -2.48. The maximum Gasteiger partial charge on any atom is 0.247 e. The lowest BCUT2D eigenvalue weighted by Gasteiger charge is -2.40. The van der Waals surface area contributed by atoms with E-state index in [9.17, 15) is 4.79 Å². The number of amides is 1. The van der Waals surface area contributed by atoms with Gasteiger partial charge in [-0.2, -0.15) is 0 Å². The largest absolute Gasteiger partial charge is 0.493 e. The molecule has 1 fully saturated rings. The van der Waals surface area contributed by atoms with Gasteiger partial charge in [0.2, 0.25) is 5.91 Å². The van der Waals surface area contributed by atoms with Gasteiger partial charge in [-0.25, -0.2) is 0 Å². The molecule has 29 heavy (non-hydrogen) atoms. The molecule has 3 rings (SSSR count). The number of rotatable bonds is 6. The predicted octanol–water partition coefficient (Wildman–Crippen LogP) is 4.01. The monoisotopic (exact) mass is 394 g/mol. The van der Waals surface area contributed by atoms with Crippen LogP contribution in [0.15, 0.2) is 54.6 Å². The van der Waals surface area contributed by atoms with Crippen LogP contribution in [0.5, 0.6) is 11.5 Å². The highest BCUT2D eigenvalue weighted by Gasteiger charge is 2.28. The van der Waals surface area contributed by atoms with Gasteiger partial charge >= 0.3 is 0 Å². The Labute approximate surface area is 173 Å². The molecule has 0 radical (unpaired) electrons. The molecule has 0 spiro atoms. The molecule has 5 heteroatoms. The van der Waals surface area contributed by atoms with Gasteiger partial charge in [0.15, 0.2) is 11.5 Å². The zero-order valence-corrected chi connectivity index (χ0v) is 17.7. The number of benzene rings is 2. The van der Waals surface area contributed by atoms with Crippen LogP contribution in [-0.2, 0) is 4.79 Å². The Morgan fingerprint density at radius 1 is 1.10 bits per heavy atom. The van der Waals surface area contributed by atoms with Gasteiger partial charge in [-0.1, -0.05) is 36.4 Å². The lowest BCUT2D eigenvalue weighted by atomic mass is 10.0. The van der Waals surface area contributed by atoms with E-state index in [-0.39, 0.29) is 18.1 Å². The molecule has 1 heterocycles. The molecule has 1 aliphatic rings. The topological polar surface area (TPSA) is 42.0 Å². The van der Waals surface area contributed by atoms with Crippen LogP contribution >= 0.6 is 0 Å². The average Bonchev–Trinajstić information content (AvgIpc) is 2.73. The van der Waals surface area contributed by atoms with Crippen molar-refractivity contribution in [3.8, 4) is 11.5 Å². The molecule has 0 saturated carbocycles. The third-order valence-electron chi connectivity index (χ3n) is 5.02. The Morgan fingerprint density at radius 3 is 2.55 bits per heavy atom. The fraction of sp³-hybridized carbons (Fsp3) is 0.375. The molecular weight excluding hydrogens is 364 g/mol. The molecule has 1 aliphatic heterocycles. The molecular formula is C24H30N2O3. The fourth-order valence-corrected chi connectivity index (χ4v) is 3.55. The quantitative estimate of drug-likeness (QED) is 0.694. The summed E-state index contributed by atoms with van der Waals surface area (Å²) in [5.74, 6) is 1.39. The summed E-state index contributed by atoms with van der Waals surface area (Å²) in [6, 6.07) is 16.0. The maximum absolute atomic E-state index is 13.0. The van der Waals surface area contributed by atoms with Crippen molar-refractivity contribution in [2.24, 2.45) is 0 Å². The molecule has 0 aromatic heterocycles. The van der Waals surface area contributed by atoms with Crippen LogP contribution < -0.4 is 9.47 Å². The summed E-state index contributed by atoms with van der Waals surface area (Å²) >= 11 is 0. The van der Waals surface area contributed by atoms with E-state index in [1.165, 1.54) is 0 Å². The Balaban J connectivity index is 1.76. The summed E-state index contributed by atoms with van der Waals surface area (Å²) < 4.78 is 11.2. The number of ether oxygens (including phenoxy) is 2. The Bertz CT molecular complexity index is 848. The number of methoxy groups -OCH3 is 1. The molecule has 1 amide bonds. The van der Waals surface area contributed by atoms with Crippen LogP contribution in [0.1, 0.15) is 31.0 Å². The zero-order chi connectivity index (χ0) is 20.8. The van der Waals surface area contributed by atoms with Crippen molar-refractivity contribution in [3.63, 3.8) is 0 Å². The fourth-order valence-electron chi connectivity index (χ4n) is 3.55. The number of nitrogens with zero attached hydrogens (tertiary/aromatic N) is 2. The molecule has 2 aromatic carbocycles. The van der Waals surface area contributed by atoms with Gasteiger partial charge in [-0.3, -0.25) is 4.79 Å². The second-order valence-corrected chi connectivity index (χ2v) is 7.63. The summed E-state index contributed by atoms with van der Waals surface area (Å²) in [4.78, 5) is 17.2. The first-order valence-corrected chi connectivity index (χ1v) is 10.0. The minimum atomic E-state index is 0.0217. The van der Waals surface area contributed by atoms with Gasteiger partial charge in [0.1, 0.15) is 0 Å². The van der Waals surface area contributed by atoms with Gasteiger partial charge in [0, 0.05) is 25.7 Å². The van der Waals surface area contributed by atoms with Gasteiger partial charge in [0.25, 0.3) is 0 Å². The summed E-state index contributed by atoms with van der Waals surface area (Å²) in [6.07, 6.45) is 3.56. The number of hydrogen-bond acceptors (Lipinski definition) is 4. The second kappa shape index (κ2) is 9.61. The molecule has 154 valence electrons. The van der Waals surface area contributed by atoms with E-state index in [0.717, 1.165) is 24.2 Å². The van der Waals surface area contributed by atoms with Crippen molar-refractivity contribution in [3.05, 3.63) is 65.7 Å². The van der Waals surface area contributed by atoms with E-state index < -0.39 is 0 Å². The third-order valence-corrected chi connectivity index (χ3v) is 5.02. The van der Waals surface area contributed by atoms with Crippen LogP contribution in [0, 0.1) is 0 Å². The van der Waals surface area contributed by atoms with Crippen molar-refractivity contribution in [2.45, 2.75) is 26.0 Å². The predicted molar refractivity (Wildman–Crippen MR) is 116 cm³/mol. The molecule has 0 N–H and O–H groups in total. The van der Waals surface area contributed by atoms with Crippen LogP contribution in [0.4, 0.5) is 0 Å². The standard InChI is InChI=1S/C24H30N2O3/c1-18(2)29-22-12-10-19(16-23(22)28-4)11-13-24(27)26-15-14-25(3)17-21(26)20-8-6-5-7-9-20/h5-13,16,18,21H,14-15,17H2,1-4H3. The van der Waals surface area contributed by atoms with Crippen molar-refractivity contribution >= 4 is 12.0 Å². The number of hydrogen-bond donors (Lipinski definition) is 0. The summed E-state index contributed by atoms with van der Waals surface area (Å²) in [6.45, 7) is 6.37. The van der Waals surface area contributed by atoms with Crippen molar-refractivity contribution in [1.82, 2.24) is 9.80 Å². The smallest absolute Gasteiger partial charge is 0.247 e. The first kappa shape index (κ1) is 20.9. The van der Waals surface area contributed by atoms with Crippen molar-refractivity contribution in [1.29, 1.82) is 0 Å². The molecule has 2 aromatic rings. The molecule has 0 aliphatic carbocycles. The molecule has 1 atom stereocenters. The average molecular weight is 395 g/mol. The first-order valence-electron chi connectivity index (χ1n) is 10.0. The van der Waals surface area contributed by atoms with Crippen LogP contribution in [0.2, 0.25) is 0 Å². The van der Waals surface area contributed by atoms with Gasteiger partial charge in [0.05, 0.1) is 19.3 Å². The molecule has 5 nitrogen and oxygen atoms in total. The SMILES string of the molecule is COc1cc(C=CC(=O)N2CCN(C)CC2c2ccccc2)ccc1OC(C)C. The van der Waals surface area contributed by atoms with E-state index in [1.807, 2.05) is 61.2 Å². The van der Waals surface area contributed by atoms with E-state index in [4.69, 9.17) is 9.47 Å². The van der Waals surface area contributed by atoms with E-state index in [2.05, 4.69) is 24.1 Å². The van der Waals surface area contributed by atoms with Crippen LogP contribution in [0.3, 0.4) is 0 Å². The highest BCUT2D eigenvalue weighted by molar-refractivity contribution is 5.92. The second-order valence-electron chi connectivity index (χ2n) is 7.63. The number of piperazine rings is 1. The van der Waals surface area contributed by atoms with E-state index in [1.54, 1.807) is 13.2 Å². The first-order chi connectivity index (χ1) is 14.0. The zero-order valence-electron chi connectivity index (χ0n) is 17.7. The number of carbonyl (C=O) groups excluding carboxylic acids is 1. The number of likely N-dealkylation sites (N-methyl/N-ethyl adjacent to an activating group) is 1. The highest BCUT2D eigenvalue weighted by atomic mass is 16.5. The van der Waals surface area contributed by atoms with Crippen molar-refractivity contribution in [2.75, 3.05) is 33.8 Å². The summed E-state index contributed by atoms with van der Waals surface area (Å²) in [7, 11) is 3.72. The molecule has 1 unspecified atom stereocenters. The summed E-state index contributed by atoms with van der Waals surface area (Å²) in [5.41, 5.74) is 2.06. The van der Waals surface area contributed by atoms with Crippen LogP contribution in [0.25, 0.3) is 6.08 Å². The highest BCUT2D eigenvalue weighted by Crippen LogP contribution is 2.30. The van der Waals surface area contributed by atoms with Crippen molar-refractivity contribution < 1.29 is 14.3 Å². The molecule has 1 saturated heterocycles. The maximum atomic E-state index is 13.0. The van der Waals surface area contributed by atoms with Gasteiger partial charge < -0.3 is 19.3 Å².